The number of carbonyl (C=O) groups excluding carboxylic acids is 2. The van der Waals surface area contributed by atoms with Crippen LogP contribution in [0.5, 0.6) is 0 Å². The number of benzene rings is 1. The molecule has 28 heavy (non-hydrogen) atoms. The van der Waals surface area contributed by atoms with Gasteiger partial charge in [0.1, 0.15) is 5.76 Å². The highest BCUT2D eigenvalue weighted by Gasteiger charge is 2.16. The molecule has 146 valence electrons. The maximum atomic E-state index is 12.5. The largest absolute Gasteiger partial charge is 0.452 e. The minimum atomic E-state index is -0.529. The molecule has 3 aromatic rings. The second-order valence-electron chi connectivity index (χ2n) is 6.09. The lowest BCUT2D eigenvalue weighted by Gasteiger charge is -2.13. The Balaban J connectivity index is 1.54. The average Bonchev–Trinajstić information content (AvgIpc) is 3.36. The van der Waals surface area contributed by atoms with Crippen LogP contribution in [0.15, 0.2) is 57.3 Å². The Labute approximate surface area is 171 Å². The maximum Gasteiger partial charge on any atom is 0.339 e. The maximum absolute atomic E-state index is 12.5. The Morgan fingerprint density at radius 2 is 2.11 bits per heavy atom. The summed E-state index contributed by atoms with van der Waals surface area (Å²) >= 11 is 3.03. The SMILES string of the molecule is Cc1cc(CSc2ccccc2C(=O)OCC(=O)N[C@H](C)c2cccs2)no1. The predicted octanol–water partition coefficient (Wildman–Crippen LogP) is 4.37. The third-order valence-corrected chi connectivity index (χ3v) is 6.00. The van der Waals surface area contributed by atoms with Gasteiger partial charge >= 0.3 is 5.97 Å². The summed E-state index contributed by atoms with van der Waals surface area (Å²) in [4.78, 5) is 26.3. The second kappa shape index (κ2) is 9.57. The zero-order valence-corrected chi connectivity index (χ0v) is 17.1. The van der Waals surface area contributed by atoms with Gasteiger partial charge in [0, 0.05) is 21.6 Å². The van der Waals surface area contributed by atoms with Gasteiger partial charge < -0.3 is 14.6 Å². The summed E-state index contributed by atoms with van der Waals surface area (Å²) in [6.45, 7) is 3.40. The molecule has 1 aromatic carbocycles. The van der Waals surface area contributed by atoms with Crippen LogP contribution in [0.4, 0.5) is 0 Å². The zero-order chi connectivity index (χ0) is 19.9. The quantitative estimate of drug-likeness (QED) is 0.434. The van der Waals surface area contributed by atoms with Gasteiger partial charge in [-0.3, -0.25) is 4.79 Å². The van der Waals surface area contributed by atoms with Crippen molar-refractivity contribution >= 4 is 35.0 Å². The average molecular weight is 417 g/mol. The Hall–Kier alpha value is -2.58. The van der Waals surface area contributed by atoms with Crippen molar-refractivity contribution in [2.45, 2.75) is 30.5 Å². The lowest BCUT2D eigenvalue weighted by Crippen LogP contribution is -2.30. The van der Waals surface area contributed by atoms with E-state index in [1.165, 1.54) is 11.8 Å². The van der Waals surface area contributed by atoms with Gasteiger partial charge in [-0.15, -0.1) is 23.1 Å². The van der Waals surface area contributed by atoms with E-state index < -0.39 is 5.97 Å². The van der Waals surface area contributed by atoms with Crippen molar-refractivity contribution in [1.29, 1.82) is 0 Å². The first-order chi connectivity index (χ1) is 13.5. The van der Waals surface area contributed by atoms with E-state index in [9.17, 15) is 9.59 Å². The Morgan fingerprint density at radius 1 is 1.29 bits per heavy atom. The number of nitrogens with zero attached hydrogens (tertiary/aromatic N) is 1. The van der Waals surface area contributed by atoms with Gasteiger partial charge in [0.15, 0.2) is 6.61 Å². The van der Waals surface area contributed by atoms with Gasteiger partial charge in [0.2, 0.25) is 0 Å². The summed E-state index contributed by atoms with van der Waals surface area (Å²) in [7, 11) is 0. The smallest absolute Gasteiger partial charge is 0.339 e. The number of nitrogens with one attached hydrogen (secondary N) is 1. The van der Waals surface area contributed by atoms with Crippen molar-refractivity contribution in [3.63, 3.8) is 0 Å². The Morgan fingerprint density at radius 3 is 2.82 bits per heavy atom. The van der Waals surface area contributed by atoms with E-state index in [1.54, 1.807) is 23.5 Å². The topological polar surface area (TPSA) is 81.4 Å². The molecule has 0 saturated carbocycles. The molecule has 0 aliphatic carbocycles. The van der Waals surface area contributed by atoms with Gasteiger partial charge in [-0.25, -0.2) is 4.79 Å². The molecule has 0 fully saturated rings. The highest BCUT2D eigenvalue weighted by atomic mass is 32.2. The molecule has 0 aliphatic rings. The lowest BCUT2D eigenvalue weighted by atomic mass is 10.2. The van der Waals surface area contributed by atoms with Crippen LogP contribution in [-0.4, -0.2) is 23.6 Å². The van der Waals surface area contributed by atoms with Gasteiger partial charge in [0.05, 0.1) is 17.3 Å². The molecule has 0 spiro atoms. The van der Waals surface area contributed by atoms with Crippen LogP contribution in [0.3, 0.4) is 0 Å². The van der Waals surface area contributed by atoms with Crippen LogP contribution < -0.4 is 5.32 Å². The van der Waals surface area contributed by atoms with E-state index in [-0.39, 0.29) is 18.6 Å². The molecule has 2 aromatic heterocycles. The van der Waals surface area contributed by atoms with E-state index in [0.717, 1.165) is 21.2 Å². The van der Waals surface area contributed by atoms with Crippen molar-refractivity contribution < 1.29 is 18.8 Å². The highest BCUT2D eigenvalue weighted by Crippen LogP contribution is 2.26. The van der Waals surface area contributed by atoms with Crippen molar-refractivity contribution in [3.8, 4) is 0 Å². The third kappa shape index (κ3) is 5.46. The van der Waals surface area contributed by atoms with Crippen LogP contribution in [-0.2, 0) is 15.3 Å². The normalized spacial score (nSPS) is 11.8. The number of aryl methyl sites for hydroxylation is 1. The van der Waals surface area contributed by atoms with Crippen LogP contribution >= 0.6 is 23.1 Å². The first kappa shape index (κ1) is 20.2. The molecular weight excluding hydrogens is 396 g/mol. The van der Waals surface area contributed by atoms with Crippen LogP contribution in [0.25, 0.3) is 0 Å². The molecule has 1 N–H and O–H groups in total. The molecule has 6 nitrogen and oxygen atoms in total. The molecular formula is C20H20N2O4S2. The fourth-order valence-electron chi connectivity index (χ4n) is 2.50. The Kier molecular flexibility index (Phi) is 6.89. The van der Waals surface area contributed by atoms with Crippen molar-refractivity contribution in [3.05, 3.63) is 69.7 Å². The Bertz CT molecular complexity index is 937. The van der Waals surface area contributed by atoms with Crippen LogP contribution in [0.2, 0.25) is 0 Å². The molecule has 0 bridgehead atoms. The molecule has 0 unspecified atom stereocenters. The molecule has 1 amide bonds. The molecule has 0 radical (unpaired) electrons. The van der Waals surface area contributed by atoms with Gasteiger partial charge in [-0.05, 0) is 37.4 Å². The molecule has 3 rings (SSSR count). The minimum absolute atomic E-state index is 0.125. The number of ether oxygens (including phenoxy) is 1. The fourth-order valence-corrected chi connectivity index (χ4v) is 4.16. The summed E-state index contributed by atoms with van der Waals surface area (Å²) in [5.41, 5.74) is 1.22. The fraction of sp³-hybridized carbons (Fsp3) is 0.250. The number of hydrogen-bond donors (Lipinski definition) is 1. The van der Waals surface area contributed by atoms with E-state index in [2.05, 4.69) is 10.5 Å². The molecule has 1 atom stereocenters. The standard InChI is InChI=1S/C20H20N2O4S2/c1-13-10-15(22-26-13)12-28-18-7-4-3-6-16(18)20(24)25-11-19(23)21-14(2)17-8-5-9-27-17/h3-10,14H,11-12H2,1-2H3,(H,21,23)/t14-/m1/s1. The summed E-state index contributed by atoms with van der Waals surface area (Å²) in [5, 5.41) is 8.72. The van der Waals surface area contributed by atoms with Crippen LogP contribution in [0.1, 0.15) is 39.7 Å². The number of aromatic nitrogens is 1. The van der Waals surface area contributed by atoms with Crippen molar-refractivity contribution in [2.75, 3.05) is 6.61 Å². The predicted molar refractivity (Wildman–Crippen MR) is 108 cm³/mol. The summed E-state index contributed by atoms with van der Waals surface area (Å²) in [6.07, 6.45) is 0. The summed E-state index contributed by atoms with van der Waals surface area (Å²) in [6, 6.07) is 12.7. The first-order valence-electron chi connectivity index (χ1n) is 8.67. The number of amides is 1. The highest BCUT2D eigenvalue weighted by molar-refractivity contribution is 7.98. The number of esters is 1. The first-order valence-corrected chi connectivity index (χ1v) is 10.5. The third-order valence-electron chi connectivity index (χ3n) is 3.84. The summed E-state index contributed by atoms with van der Waals surface area (Å²) < 4.78 is 10.3. The minimum Gasteiger partial charge on any atom is -0.452 e. The molecule has 8 heteroatoms. The number of rotatable bonds is 8. The van der Waals surface area contributed by atoms with E-state index in [0.29, 0.717) is 11.3 Å². The number of thiophene rings is 1. The van der Waals surface area contributed by atoms with Gasteiger partial charge in [-0.1, -0.05) is 23.4 Å². The number of thioether (sulfide) groups is 1. The lowest BCUT2D eigenvalue weighted by molar-refractivity contribution is -0.124. The van der Waals surface area contributed by atoms with Crippen molar-refractivity contribution in [1.82, 2.24) is 10.5 Å². The summed E-state index contributed by atoms with van der Waals surface area (Å²) in [5.74, 6) is 0.447. The number of carbonyl (C=O) groups is 2. The van der Waals surface area contributed by atoms with E-state index >= 15 is 0 Å². The van der Waals surface area contributed by atoms with Crippen molar-refractivity contribution in [2.24, 2.45) is 0 Å². The van der Waals surface area contributed by atoms with E-state index in [4.69, 9.17) is 9.26 Å². The van der Waals surface area contributed by atoms with E-state index in [1.807, 2.05) is 49.6 Å². The van der Waals surface area contributed by atoms with Gasteiger partial charge in [0.25, 0.3) is 5.91 Å². The second-order valence-corrected chi connectivity index (χ2v) is 8.09. The van der Waals surface area contributed by atoms with Gasteiger partial charge in [-0.2, -0.15) is 0 Å². The zero-order valence-electron chi connectivity index (χ0n) is 15.5. The van der Waals surface area contributed by atoms with Crippen LogP contribution in [0, 0.1) is 6.92 Å². The molecule has 0 aliphatic heterocycles. The monoisotopic (exact) mass is 416 g/mol. The number of hydrogen-bond acceptors (Lipinski definition) is 7. The molecule has 0 saturated heterocycles. The molecule has 2 heterocycles.